The monoisotopic (exact) mass is 226 g/mol. The Kier molecular flexibility index (Phi) is 7.90. The van der Waals surface area contributed by atoms with Crippen molar-refractivity contribution in [2.75, 3.05) is 19.6 Å². The lowest BCUT2D eigenvalue weighted by molar-refractivity contribution is -0.131. The number of hydrogen-bond donors (Lipinski definition) is 1. The molecular formula is C13H26N2O. The van der Waals surface area contributed by atoms with Gasteiger partial charge in [0.25, 0.3) is 0 Å². The summed E-state index contributed by atoms with van der Waals surface area (Å²) in [6.07, 6.45) is 3.35. The summed E-state index contributed by atoms with van der Waals surface area (Å²) in [6.45, 7) is 11.9. The summed E-state index contributed by atoms with van der Waals surface area (Å²) < 4.78 is 0. The summed E-state index contributed by atoms with van der Waals surface area (Å²) >= 11 is 0. The van der Waals surface area contributed by atoms with Gasteiger partial charge in [0.2, 0.25) is 5.91 Å². The second-order valence-electron chi connectivity index (χ2n) is 4.66. The van der Waals surface area contributed by atoms with Crippen LogP contribution < -0.4 is 5.73 Å². The molecular weight excluding hydrogens is 200 g/mol. The zero-order valence-electron chi connectivity index (χ0n) is 10.9. The van der Waals surface area contributed by atoms with Gasteiger partial charge in [-0.05, 0) is 31.7 Å². The summed E-state index contributed by atoms with van der Waals surface area (Å²) in [4.78, 5) is 13.8. The maximum absolute atomic E-state index is 11.9. The Morgan fingerprint density at radius 3 is 2.50 bits per heavy atom. The fraction of sp³-hybridized carbons (Fsp3) is 0.769. The van der Waals surface area contributed by atoms with Crippen LogP contribution >= 0.6 is 0 Å². The Balaban J connectivity index is 4.21. The topological polar surface area (TPSA) is 46.3 Å². The van der Waals surface area contributed by atoms with Gasteiger partial charge in [0.05, 0.1) is 0 Å². The van der Waals surface area contributed by atoms with E-state index in [4.69, 9.17) is 5.73 Å². The third kappa shape index (κ3) is 5.91. The highest BCUT2D eigenvalue weighted by Crippen LogP contribution is 2.15. The SMILES string of the molecule is C=CCN(CC)C(=O)C[C@@H](CN)CC(C)C. The molecule has 0 rings (SSSR count). The van der Waals surface area contributed by atoms with Crippen molar-refractivity contribution in [1.82, 2.24) is 4.90 Å². The minimum absolute atomic E-state index is 0.193. The molecule has 0 fully saturated rings. The van der Waals surface area contributed by atoms with Gasteiger partial charge < -0.3 is 10.6 Å². The maximum Gasteiger partial charge on any atom is 0.223 e. The number of amides is 1. The third-order valence-electron chi connectivity index (χ3n) is 2.69. The number of carbonyl (C=O) groups is 1. The molecule has 0 aliphatic rings. The van der Waals surface area contributed by atoms with Gasteiger partial charge in [0, 0.05) is 19.5 Å². The maximum atomic E-state index is 11.9. The van der Waals surface area contributed by atoms with E-state index in [1.165, 1.54) is 0 Å². The number of hydrogen-bond acceptors (Lipinski definition) is 2. The first-order chi connectivity index (χ1) is 7.54. The van der Waals surface area contributed by atoms with Gasteiger partial charge in [-0.25, -0.2) is 0 Å². The van der Waals surface area contributed by atoms with Gasteiger partial charge in [-0.3, -0.25) is 4.79 Å². The number of carbonyl (C=O) groups excluding carboxylic acids is 1. The molecule has 94 valence electrons. The van der Waals surface area contributed by atoms with Crippen LogP contribution in [-0.2, 0) is 4.79 Å². The molecule has 16 heavy (non-hydrogen) atoms. The van der Waals surface area contributed by atoms with E-state index in [1.54, 1.807) is 6.08 Å². The average Bonchev–Trinajstić information content (AvgIpc) is 2.23. The van der Waals surface area contributed by atoms with Crippen LogP contribution in [0.15, 0.2) is 12.7 Å². The third-order valence-corrected chi connectivity index (χ3v) is 2.69. The predicted octanol–water partition coefficient (Wildman–Crippen LogP) is 2.03. The number of nitrogens with two attached hydrogens (primary N) is 1. The highest BCUT2D eigenvalue weighted by atomic mass is 16.2. The molecule has 0 heterocycles. The van der Waals surface area contributed by atoms with Crippen LogP contribution in [0.5, 0.6) is 0 Å². The Hall–Kier alpha value is -0.830. The second-order valence-corrected chi connectivity index (χ2v) is 4.66. The molecule has 0 aliphatic carbocycles. The van der Waals surface area contributed by atoms with Crippen molar-refractivity contribution >= 4 is 5.91 Å². The van der Waals surface area contributed by atoms with Crippen LogP contribution in [0, 0.1) is 11.8 Å². The highest BCUT2D eigenvalue weighted by Gasteiger charge is 2.17. The van der Waals surface area contributed by atoms with Gasteiger partial charge in [-0.2, -0.15) is 0 Å². The normalized spacial score (nSPS) is 12.6. The first-order valence-corrected chi connectivity index (χ1v) is 6.13. The molecule has 0 saturated carbocycles. The van der Waals surface area contributed by atoms with E-state index in [0.29, 0.717) is 31.3 Å². The van der Waals surface area contributed by atoms with E-state index in [0.717, 1.165) is 13.0 Å². The molecule has 0 aliphatic heterocycles. The van der Waals surface area contributed by atoms with Crippen LogP contribution in [0.1, 0.15) is 33.6 Å². The van der Waals surface area contributed by atoms with Gasteiger partial charge >= 0.3 is 0 Å². The average molecular weight is 226 g/mol. The summed E-state index contributed by atoms with van der Waals surface area (Å²) in [6, 6.07) is 0. The minimum Gasteiger partial charge on any atom is -0.339 e. The number of nitrogens with zero attached hydrogens (tertiary/aromatic N) is 1. The quantitative estimate of drug-likeness (QED) is 0.644. The fourth-order valence-electron chi connectivity index (χ4n) is 1.87. The zero-order chi connectivity index (χ0) is 12.6. The van der Waals surface area contributed by atoms with Gasteiger partial charge in [0.1, 0.15) is 0 Å². The van der Waals surface area contributed by atoms with E-state index < -0.39 is 0 Å². The van der Waals surface area contributed by atoms with Crippen molar-refractivity contribution in [3.63, 3.8) is 0 Å². The van der Waals surface area contributed by atoms with Crippen LogP contribution in [0.3, 0.4) is 0 Å². The Morgan fingerprint density at radius 2 is 2.12 bits per heavy atom. The molecule has 0 unspecified atom stereocenters. The van der Waals surface area contributed by atoms with E-state index in [-0.39, 0.29) is 5.91 Å². The lowest BCUT2D eigenvalue weighted by atomic mass is 9.94. The summed E-state index contributed by atoms with van der Waals surface area (Å²) in [5.74, 6) is 1.10. The molecule has 0 aromatic heterocycles. The van der Waals surface area contributed by atoms with Crippen molar-refractivity contribution in [2.45, 2.75) is 33.6 Å². The zero-order valence-corrected chi connectivity index (χ0v) is 10.9. The summed E-state index contributed by atoms with van der Waals surface area (Å²) in [5.41, 5.74) is 5.69. The summed E-state index contributed by atoms with van der Waals surface area (Å²) in [5, 5.41) is 0. The predicted molar refractivity (Wildman–Crippen MR) is 69.1 cm³/mol. The Morgan fingerprint density at radius 1 is 1.50 bits per heavy atom. The van der Waals surface area contributed by atoms with Crippen LogP contribution in [0.2, 0.25) is 0 Å². The molecule has 0 spiro atoms. The lowest BCUT2D eigenvalue weighted by Gasteiger charge is -2.23. The molecule has 0 bridgehead atoms. The highest BCUT2D eigenvalue weighted by molar-refractivity contribution is 5.76. The molecule has 1 amide bonds. The molecule has 0 saturated heterocycles. The molecule has 2 N–H and O–H groups in total. The molecule has 1 atom stereocenters. The van der Waals surface area contributed by atoms with E-state index in [2.05, 4.69) is 20.4 Å². The molecule has 0 aromatic carbocycles. The van der Waals surface area contributed by atoms with E-state index in [1.807, 2.05) is 11.8 Å². The van der Waals surface area contributed by atoms with Crippen LogP contribution in [0.4, 0.5) is 0 Å². The fourth-order valence-corrected chi connectivity index (χ4v) is 1.87. The van der Waals surface area contributed by atoms with Crippen molar-refractivity contribution in [3.05, 3.63) is 12.7 Å². The van der Waals surface area contributed by atoms with Gasteiger partial charge in [0.15, 0.2) is 0 Å². The van der Waals surface area contributed by atoms with Crippen molar-refractivity contribution in [2.24, 2.45) is 17.6 Å². The van der Waals surface area contributed by atoms with Crippen LogP contribution in [0.25, 0.3) is 0 Å². The van der Waals surface area contributed by atoms with Crippen molar-refractivity contribution in [3.8, 4) is 0 Å². The largest absolute Gasteiger partial charge is 0.339 e. The minimum atomic E-state index is 0.193. The number of rotatable bonds is 8. The first-order valence-electron chi connectivity index (χ1n) is 6.13. The second kappa shape index (κ2) is 8.34. The molecule has 0 aromatic rings. The van der Waals surface area contributed by atoms with E-state index in [9.17, 15) is 4.79 Å². The van der Waals surface area contributed by atoms with E-state index >= 15 is 0 Å². The van der Waals surface area contributed by atoms with Gasteiger partial charge in [-0.1, -0.05) is 19.9 Å². The molecule has 0 radical (unpaired) electrons. The Labute approximate surface area is 99.7 Å². The van der Waals surface area contributed by atoms with Crippen molar-refractivity contribution in [1.29, 1.82) is 0 Å². The first kappa shape index (κ1) is 15.2. The Bertz CT molecular complexity index is 214. The summed E-state index contributed by atoms with van der Waals surface area (Å²) in [7, 11) is 0. The number of likely N-dealkylation sites (N-methyl/N-ethyl adjacent to an activating group) is 1. The van der Waals surface area contributed by atoms with Gasteiger partial charge in [-0.15, -0.1) is 6.58 Å². The van der Waals surface area contributed by atoms with Crippen molar-refractivity contribution < 1.29 is 4.79 Å². The standard InChI is InChI=1S/C13H26N2O/c1-5-7-15(6-2)13(16)9-12(10-14)8-11(3)4/h5,11-12H,1,6-10,14H2,2-4H3/t12-/m0/s1. The molecule has 3 heteroatoms. The molecule has 3 nitrogen and oxygen atoms in total. The van der Waals surface area contributed by atoms with Crippen LogP contribution in [-0.4, -0.2) is 30.4 Å². The smallest absolute Gasteiger partial charge is 0.223 e. The lowest BCUT2D eigenvalue weighted by Crippen LogP contribution is -2.33.